The van der Waals surface area contributed by atoms with E-state index in [4.69, 9.17) is 4.74 Å². The van der Waals surface area contributed by atoms with Crippen molar-refractivity contribution in [3.8, 4) is 33.6 Å². The van der Waals surface area contributed by atoms with Crippen molar-refractivity contribution in [2.24, 2.45) is 0 Å². The topological polar surface area (TPSA) is 110 Å². The number of aryl methyl sites for hydroxylation is 1. The Morgan fingerprint density at radius 2 is 1.44 bits per heavy atom. The van der Waals surface area contributed by atoms with Crippen LogP contribution in [0.2, 0.25) is 0 Å². The average molecular weight is 693 g/mol. The number of benzene rings is 3. The number of rotatable bonds is 11. The lowest BCUT2D eigenvalue weighted by molar-refractivity contribution is -0.144. The summed E-state index contributed by atoms with van der Waals surface area (Å²) in [5.41, 5.74) is 5.31. The molecular weight excluding hydrogens is 652 g/mol. The molecule has 3 aromatic carbocycles. The van der Waals surface area contributed by atoms with Gasteiger partial charge in [0.15, 0.2) is 5.82 Å². The van der Waals surface area contributed by atoms with E-state index in [1.807, 2.05) is 48.5 Å². The molecule has 0 saturated carbocycles. The first-order valence-corrected chi connectivity index (χ1v) is 17.3. The third-order valence-electron chi connectivity index (χ3n) is 8.38. The van der Waals surface area contributed by atoms with Gasteiger partial charge < -0.3 is 15.4 Å². The van der Waals surface area contributed by atoms with Crippen LogP contribution >= 0.6 is 11.3 Å². The molecule has 2 amide bonds. The molecule has 8 nitrogen and oxygen atoms in total. The fourth-order valence-electron chi connectivity index (χ4n) is 5.35. The molecule has 0 saturated heterocycles. The van der Waals surface area contributed by atoms with E-state index < -0.39 is 24.0 Å². The van der Waals surface area contributed by atoms with E-state index in [9.17, 15) is 14.4 Å². The van der Waals surface area contributed by atoms with Crippen LogP contribution in [0.1, 0.15) is 60.3 Å². The molecule has 0 radical (unpaired) electrons. The highest BCUT2D eigenvalue weighted by Crippen LogP contribution is 2.30. The van der Waals surface area contributed by atoms with Crippen LogP contribution in [0.25, 0.3) is 33.6 Å². The normalized spacial score (nSPS) is 12.5. The Balaban J connectivity index is 1.30. The van der Waals surface area contributed by atoms with Crippen molar-refractivity contribution in [3.63, 3.8) is 0 Å². The Bertz CT molecular complexity index is 1970. The Labute approximate surface area is 296 Å². The molecule has 2 N–H and O–H groups in total. The highest BCUT2D eigenvalue weighted by atomic mass is 32.1. The summed E-state index contributed by atoms with van der Waals surface area (Å²) in [5, 5.41) is 5.49. The second-order valence-electron chi connectivity index (χ2n) is 13.1. The van der Waals surface area contributed by atoms with Crippen LogP contribution in [-0.4, -0.2) is 46.9 Å². The lowest BCUT2D eigenvalue weighted by atomic mass is 9.95. The SMILES string of the molecule is CCc1ccc(-c2ccc(-c3cnc(-c4ccc(C[C@H](NC(=O)c5ccc(C(C)(C)C)s5)C(=O)N[C@H](C)C(=O)OC)cc4)nc3)c(F)c2)cc1. The molecular formula is C40H41FN4O4S. The molecule has 0 aliphatic rings. The van der Waals surface area contributed by atoms with Crippen molar-refractivity contribution < 1.29 is 23.5 Å². The molecule has 10 heteroatoms. The van der Waals surface area contributed by atoms with Gasteiger partial charge in [-0.1, -0.05) is 88.4 Å². The second-order valence-corrected chi connectivity index (χ2v) is 14.2. The van der Waals surface area contributed by atoms with Gasteiger partial charge in [0.05, 0.1) is 12.0 Å². The van der Waals surface area contributed by atoms with E-state index in [2.05, 4.69) is 60.4 Å². The first kappa shape index (κ1) is 36.1. The third kappa shape index (κ3) is 8.67. The number of esters is 1. The lowest BCUT2D eigenvalue weighted by Gasteiger charge is -2.21. The van der Waals surface area contributed by atoms with Crippen LogP contribution in [0.3, 0.4) is 0 Å². The van der Waals surface area contributed by atoms with E-state index in [-0.39, 0.29) is 23.6 Å². The van der Waals surface area contributed by atoms with Crippen LogP contribution in [0.5, 0.6) is 0 Å². The largest absolute Gasteiger partial charge is 0.467 e. The van der Waals surface area contributed by atoms with Gasteiger partial charge >= 0.3 is 5.97 Å². The zero-order valence-corrected chi connectivity index (χ0v) is 29.9. The monoisotopic (exact) mass is 692 g/mol. The Kier molecular flexibility index (Phi) is 11.2. The summed E-state index contributed by atoms with van der Waals surface area (Å²) in [6.45, 7) is 9.83. The third-order valence-corrected chi connectivity index (χ3v) is 9.89. The zero-order chi connectivity index (χ0) is 36.0. The van der Waals surface area contributed by atoms with Gasteiger partial charge in [0.1, 0.15) is 17.9 Å². The predicted molar refractivity (Wildman–Crippen MR) is 195 cm³/mol. The first-order chi connectivity index (χ1) is 23.9. The van der Waals surface area contributed by atoms with E-state index in [1.54, 1.807) is 24.5 Å². The number of nitrogens with zero attached hydrogens (tertiary/aromatic N) is 2. The molecule has 0 bridgehead atoms. The number of thiophene rings is 1. The van der Waals surface area contributed by atoms with Gasteiger partial charge in [-0.2, -0.15) is 0 Å². The standard InChI is InChI=1S/C40H41FN4O4S/c1-7-25-8-12-27(13-9-25)29-16-17-31(32(41)21-29)30-22-42-36(43-23-30)28-14-10-26(11-15-28)20-33(37(46)44-24(2)39(48)49-6)45-38(47)34-18-19-35(50-34)40(3,4)5/h8-19,21-24,33H,7,20H2,1-6H3,(H,44,46)(H,45,47)/t24-,33+/m1/s1. The molecule has 5 aromatic rings. The fraction of sp³-hybridized carbons (Fsp3) is 0.275. The lowest BCUT2D eigenvalue weighted by Crippen LogP contribution is -2.51. The van der Waals surface area contributed by atoms with E-state index >= 15 is 4.39 Å². The molecule has 0 unspecified atom stereocenters. The molecule has 5 rings (SSSR count). The molecule has 258 valence electrons. The van der Waals surface area contributed by atoms with Gasteiger partial charge in [0.25, 0.3) is 5.91 Å². The number of aromatic nitrogens is 2. The smallest absolute Gasteiger partial charge is 0.328 e. The quantitative estimate of drug-likeness (QED) is 0.138. The summed E-state index contributed by atoms with van der Waals surface area (Å²) in [5.74, 6) is -1.39. The molecule has 50 heavy (non-hydrogen) atoms. The van der Waals surface area contributed by atoms with Crippen LogP contribution in [0, 0.1) is 5.82 Å². The molecule has 0 aliphatic carbocycles. The minimum Gasteiger partial charge on any atom is -0.467 e. The number of methoxy groups -OCH3 is 1. The fourth-order valence-corrected chi connectivity index (χ4v) is 6.32. The van der Waals surface area contributed by atoms with Gasteiger partial charge in [0, 0.05) is 40.4 Å². The second kappa shape index (κ2) is 15.6. The van der Waals surface area contributed by atoms with Crippen LogP contribution in [-0.2, 0) is 32.6 Å². The molecule has 2 heterocycles. The van der Waals surface area contributed by atoms with Crippen molar-refractivity contribution in [2.45, 2.75) is 65.0 Å². The molecule has 2 atom stereocenters. The Morgan fingerprint density at radius 1 is 0.820 bits per heavy atom. The van der Waals surface area contributed by atoms with Gasteiger partial charge in [-0.05, 0) is 59.2 Å². The first-order valence-electron chi connectivity index (χ1n) is 16.5. The number of ether oxygens (including phenoxy) is 1. The van der Waals surface area contributed by atoms with Gasteiger partial charge in [-0.15, -0.1) is 11.3 Å². The van der Waals surface area contributed by atoms with Crippen molar-refractivity contribution in [1.82, 2.24) is 20.6 Å². The number of carbonyl (C=O) groups excluding carboxylic acids is 3. The Hall–Kier alpha value is -5.22. The maximum absolute atomic E-state index is 15.2. The minimum atomic E-state index is -0.965. The maximum Gasteiger partial charge on any atom is 0.328 e. The van der Waals surface area contributed by atoms with Crippen LogP contribution in [0.15, 0.2) is 91.3 Å². The summed E-state index contributed by atoms with van der Waals surface area (Å²) in [7, 11) is 1.25. The van der Waals surface area contributed by atoms with Crippen molar-refractivity contribution in [1.29, 1.82) is 0 Å². The number of amides is 2. The molecule has 0 fully saturated rings. The predicted octanol–water partition coefficient (Wildman–Crippen LogP) is 7.56. The van der Waals surface area contributed by atoms with Crippen LogP contribution in [0.4, 0.5) is 4.39 Å². The summed E-state index contributed by atoms with van der Waals surface area (Å²) in [4.78, 5) is 49.1. The molecule has 0 spiro atoms. The molecule has 0 aliphatic heterocycles. The summed E-state index contributed by atoms with van der Waals surface area (Å²) in [6, 6.07) is 22.4. The van der Waals surface area contributed by atoms with Gasteiger partial charge in [0.2, 0.25) is 5.91 Å². The van der Waals surface area contributed by atoms with E-state index in [1.165, 1.54) is 37.0 Å². The summed E-state index contributed by atoms with van der Waals surface area (Å²) in [6.07, 6.45) is 4.30. The van der Waals surface area contributed by atoms with Crippen molar-refractivity contribution >= 4 is 29.1 Å². The van der Waals surface area contributed by atoms with E-state index in [0.717, 1.165) is 33.6 Å². The highest BCUT2D eigenvalue weighted by molar-refractivity contribution is 7.14. The average Bonchev–Trinajstić information content (AvgIpc) is 3.63. The summed E-state index contributed by atoms with van der Waals surface area (Å²) < 4.78 is 20.0. The number of hydrogen-bond donors (Lipinski definition) is 2. The molecule has 2 aromatic heterocycles. The maximum atomic E-state index is 15.2. The van der Waals surface area contributed by atoms with E-state index in [0.29, 0.717) is 21.8 Å². The number of halogens is 1. The van der Waals surface area contributed by atoms with Gasteiger partial charge in [-0.25, -0.2) is 19.2 Å². The van der Waals surface area contributed by atoms with Crippen molar-refractivity contribution in [2.75, 3.05) is 7.11 Å². The minimum absolute atomic E-state index is 0.120. The van der Waals surface area contributed by atoms with Crippen LogP contribution < -0.4 is 10.6 Å². The zero-order valence-electron chi connectivity index (χ0n) is 29.0. The number of nitrogens with one attached hydrogen (secondary N) is 2. The van der Waals surface area contributed by atoms with Crippen molar-refractivity contribution in [3.05, 3.63) is 118 Å². The summed E-state index contributed by atoms with van der Waals surface area (Å²) >= 11 is 1.38. The highest BCUT2D eigenvalue weighted by Gasteiger charge is 2.27. The number of carbonyl (C=O) groups is 3. The Morgan fingerprint density at radius 3 is 2.02 bits per heavy atom. The number of hydrogen-bond acceptors (Lipinski definition) is 7. The van der Waals surface area contributed by atoms with Gasteiger partial charge in [-0.3, -0.25) is 9.59 Å².